The minimum Gasteiger partial charge on any atom is -0.479 e. The zero-order valence-corrected chi connectivity index (χ0v) is 22.8. The molecule has 1 atom stereocenters. The Morgan fingerprint density at radius 2 is 1.49 bits per heavy atom. The number of carbonyl (C=O) groups excluding carboxylic acids is 2. The summed E-state index contributed by atoms with van der Waals surface area (Å²) in [6.45, 7) is 1.83. The van der Waals surface area contributed by atoms with Crippen molar-refractivity contribution in [2.45, 2.75) is 43.4 Å². The first-order valence-corrected chi connectivity index (χ1v) is 13.9. The Morgan fingerprint density at radius 3 is 2.10 bits per heavy atom. The molecule has 3 aromatic carbocycles. The molecule has 0 bridgehead atoms. The van der Waals surface area contributed by atoms with E-state index in [1.54, 1.807) is 0 Å². The van der Waals surface area contributed by atoms with Crippen molar-refractivity contribution in [1.29, 1.82) is 0 Å². The van der Waals surface area contributed by atoms with Crippen molar-refractivity contribution in [3.05, 3.63) is 95.6 Å². The van der Waals surface area contributed by atoms with Crippen LogP contribution < -0.4 is 10.6 Å². The van der Waals surface area contributed by atoms with E-state index in [2.05, 4.69) is 51.9 Å². The second-order valence-electron chi connectivity index (χ2n) is 10.8. The number of piperidine rings is 1. The molecule has 2 amide bonds. The molecule has 1 fully saturated rings. The lowest BCUT2D eigenvalue weighted by molar-refractivity contribution is -0.146. The van der Waals surface area contributed by atoms with E-state index in [0.717, 1.165) is 28.8 Å². The molecule has 1 unspecified atom stereocenters. The average molecular weight is 558 g/mol. The van der Waals surface area contributed by atoms with Gasteiger partial charge in [0.2, 0.25) is 5.91 Å². The van der Waals surface area contributed by atoms with Gasteiger partial charge in [-0.1, -0.05) is 78.9 Å². The lowest BCUT2D eigenvalue weighted by atomic mass is 9.84. The molecule has 41 heavy (non-hydrogen) atoms. The highest BCUT2D eigenvalue weighted by Gasteiger charge is 2.39. The van der Waals surface area contributed by atoms with Crippen LogP contribution in [0.2, 0.25) is 0 Å². The smallest absolute Gasteiger partial charge is 0.407 e. The number of hydrogen-bond acceptors (Lipinski definition) is 6. The van der Waals surface area contributed by atoms with Crippen LogP contribution >= 0.6 is 0 Å². The van der Waals surface area contributed by atoms with Gasteiger partial charge in [-0.25, -0.2) is 9.59 Å². The van der Waals surface area contributed by atoms with Crippen LogP contribution in [0.3, 0.4) is 0 Å². The zero-order chi connectivity index (χ0) is 28.8. The van der Waals surface area contributed by atoms with Gasteiger partial charge in [-0.05, 0) is 40.7 Å². The van der Waals surface area contributed by atoms with Gasteiger partial charge in [0.25, 0.3) is 0 Å². The molecule has 4 N–H and O–H groups in total. The van der Waals surface area contributed by atoms with E-state index in [4.69, 9.17) is 9.84 Å². The summed E-state index contributed by atoms with van der Waals surface area (Å²) < 4.78 is 5.79. The van der Waals surface area contributed by atoms with E-state index in [1.807, 2.05) is 42.5 Å². The Morgan fingerprint density at radius 1 is 0.902 bits per heavy atom. The van der Waals surface area contributed by atoms with E-state index in [1.165, 1.54) is 5.56 Å². The standard InChI is InChI=1S/C32H35N3O6/c36-28(30(38)39)19-33-29(37)18-32(14-16-35(17-15-32)20-22-8-2-1-3-9-22)34-31(40)41-21-27-25-12-6-4-10-23(25)24-11-5-7-13-26(24)27/h1-13,27-28,36H,14-21H2,(H,33,37)(H,34,40)(H,38,39). The highest BCUT2D eigenvalue weighted by molar-refractivity contribution is 5.81. The Hall–Kier alpha value is -4.21. The first-order chi connectivity index (χ1) is 19.8. The van der Waals surface area contributed by atoms with Gasteiger partial charge in [-0.2, -0.15) is 0 Å². The van der Waals surface area contributed by atoms with Crippen LogP contribution in [0.4, 0.5) is 4.79 Å². The van der Waals surface area contributed by atoms with Gasteiger partial charge >= 0.3 is 12.1 Å². The summed E-state index contributed by atoms with van der Waals surface area (Å²) in [5.74, 6) is -1.94. The zero-order valence-electron chi connectivity index (χ0n) is 22.8. The number of nitrogens with one attached hydrogen (secondary N) is 2. The Kier molecular flexibility index (Phi) is 8.66. The number of benzene rings is 3. The molecule has 1 aliphatic carbocycles. The molecule has 5 rings (SSSR count). The number of rotatable bonds is 10. The number of hydrogen-bond donors (Lipinski definition) is 4. The molecule has 1 aliphatic heterocycles. The number of alkyl carbamates (subject to hydrolysis) is 1. The van der Waals surface area contributed by atoms with Crippen LogP contribution in [0.1, 0.15) is 41.9 Å². The molecule has 0 radical (unpaired) electrons. The summed E-state index contributed by atoms with van der Waals surface area (Å²) in [7, 11) is 0. The molecule has 9 heteroatoms. The number of aliphatic hydroxyl groups excluding tert-OH is 1. The Labute approximate surface area is 239 Å². The van der Waals surface area contributed by atoms with Gasteiger partial charge in [0.1, 0.15) is 6.61 Å². The van der Waals surface area contributed by atoms with Gasteiger partial charge in [0.15, 0.2) is 6.10 Å². The van der Waals surface area contributed by atoms with Crippen LogP contribution in [-0.2, 0) is 20.9 Å². The highest BCUT2D eigenvalue weighted by Crippen LogP contribution is 2.44. The minimum absolute atomic E-state index is 0.0529. The van der Waals surface area contributed by atoms with E-state index in [-0.39, 0.29) is 18.9 Å². The van der Waals surface area contributed by atoms with Gasteiger partial charge in [0, 0.05) is 32.0 Å². The first kappa shape index (κ1) is 28.3. The minimum atomic E-state index is -1.70. The maximum Gasteiger partial charge on any atom is 0.407 e. The summed E-state index contributed by atoms with van der Waals surface area (Å²) in [6.07, 6.45) is -1.32. The molecule has 2 aliphatic rings. The number of fused-ring (bicyclic) bond motifs is 3. The number of carboxylic acid groups (broad SMARTS) is 1. The van der Waals surface area contributed by atoms with Crippen molar-refractivity contribution in [2.24, 2.45) is 0 Å². The predicted octanol–water partition coefficient (Wildman–Crippen LogP) is 3.51. The summed E-state index contributed by atoms with van der Waals surface area (Å²) >= 11 is 0. The van der Waals surface area contributed by atoms with Crippen molar-refractivity contribution >= 4 is 18.0 Å². The summed E-state index contributed by atoms with van der Waals surface area (Å²) in [5.41, 5.74) is 4.82. The number of ether oxygens (including phenoxy) is 1. The molecule has 3 aromatic rings. The SMILES string of the molecule is O=C(CC1(NC(=O)OCC2c3ccccc3-c3ccccc32)CCN(Cc2ccccc2)CC1)NCC(O)C(=O)O. The third kappa shape index (κ3) is 6.75. The maximum atomic E-state index is 13.2. The number of amides is 2. The molecule has 0 saturated carbocycles. The summed E-state index contributed by atoms with van der Waals surface area (Å²) in [4.78, 5) is 39.3. The van der Waals surface area contributed by atoms with E-state index in [9.17, 15) is 19.5 Å². The highest BCUT2D eigenvalue weighted by atomic mass is 16.5. The van der Waals surface area contributed by atoms with Gasteiger partial charge in [0.05, 0.1) is 12.1 Å². The lowest BCUT2D eigenvalue weighted by Gasteiger charge is -2.42. The fraction of sp³-hybridized carbons (Fsp3) is 0.344. The van der Waals surface area contributed by atoms with Gasteiger partial charge < -0.3 is 25.6 Å². The third-order valence-corrected chi connectivity index (χ3v) is 8.05. The number of carboxylic acids is 1. The molecular weight excluding hydrogens is 522 g/mol. The molecule has 0 spiro atoms. The molecule has 9 nitrogen and oxygen atoms in total. The Balaban J connectivity index is 1.24. The topological polar surface area (TPSA) is 128 Å². The monoisotopic (exact) mass is 557 g/mol. The average Bonchev–Trinajstić information content (AvgIpc) is 3.30. The second-order valence-corrected chi connectivity index (χ2v) is 10.8. The van der Waals surface area contributed by atoms with Crippen molar-refractivity contribution in [2.75, 3.05) is 26.2 Å². The predicted molar refractivity (Wildman–Crippen MR) is 153 cm³/mol. The van der Waals surface area contributed by atoms with Crippen molar-refractivity contribution in [3.8, 4) is 11.1 Å². The number of aliphatic hydroxyl groups is 1. The summed E-state index contributed by atoms with van der Waals surface area (Å²) in [5, 5.41) is 24.0. The van der Waals surface area contributed by atoms with Crippen LogP contribution in [-0.4, -0.2) is 71.0 Å². The Bertz CT molecular complexity index is 1340. The van der Waals surface area contributed by atoms with Crippen LogP contribution in [0.15, 0.2) is 78.9 Å². The van der Waals surface area contributed by atoms with Crippen LogP contribution in [0.25, 0.3) is 11.1 Å². The van der Waals surface area contributed by atoms with E-state index in [0.29, 0.717) is 25.9 Å². The summed E-state index contributed by atoms with van der Waals surface area (Å²) in [6, 6.07) is 26.3. The van der Waals surface area contributed by atoms with Crippen molar-refractivity contribution in [3.63, 3.8) is 0 Å². The van der Waals surface area contributed by atoms with Crippen LogP contribution in [0.5, 0.6) is 0 Å². The molecule has 0 aromatic heterocycles. The van der Waals surface area contributed by atoms with Crippen molar-refractivity contribution < 1.29 is 29.3 Å². The second kappa shape index (κ2) is 12.5. The van der Waals surface area contributed by atoms with Gasteiger partial charge in [-0.15, -0.1) is 0 Å². The van der Waals surface area contributed by atoms with Gasteiger partial charge in [-0.3, -0.25) is 9.69 Å². The first-order valence-electron chi connectivity index (χ1n) is 13.9. The number of likely N-dealkylation sites (tertiary alicyclic amines) is 1. The van der Waals surface area contributed by atoms with Crippen molar-refractivity contribution in [1.82, 2.24) is 15.5 Å². The largest absolute Gasteiger partial charge is 0.479 e. The van der Waals surface area contributed by atoms with E-state index >= 15 is 0 Å². The molecule has 1 saturated heterocycles. The molecule has 1 heterocycles. The quantitative estimate of drug-likeness (QED) is 0.300. The van der Waals surface area contributed by atoms with Crippen LogP contribution in [0, 0.1) is 0 Å². The normalized spacial score (nSPS) is 16.7. The number of carbonyl (C=O) groups is 3. The lowest BCUT2D eigenvalue weighted by Crippen LogP contribution is -2.57. The maximum absolute atomic E-state index is 13.2. The van der Waals surface area contributed by atoms with E-state index < -0.39 is 36.2 Å². The molecular formula is C32H35N3O6. The third-order valence-electron chi connectivity index (χ3n) is 8.05. The number of nitrogens with zero attached hydrogens (tertiary/aromatic N) is 1. The fourth-order valence-electron chi connectivity index (χ4n) is 5.85. The molecule has 214 valence electrons. The number of aliphatic carboxylic acids is 1. The fourth-order valence-corrected chi connectivity index (χ4v) is 5.85.